The van der Waals surface area contributed by atoms with Crippen LogP contribution < -0.4 is 4.90 Å². The molecule has 0 spiro atoms. The summed E-state index contributed by atoms with van der Waals surface area (Å²) in [6, 6.07) is 55.7. The minimum atomic E-state index is -1.16. The highest BCUT2D eigenvalue weighted by Crippen LogP contribution is 2.65. The van der Waals surface area contributed by atoms with Crippen LogP contribution in [0.4, 0.5) is 17.1 Å². The van der Waals surface area contributed by atoms with Gasteiger partial charge in [-0.1, -0.05) is 372 Å². The number of aromatic nitrogens is 1. The Kier molecular flexibility index (Phi) is 32.5. The molecule has 3 aliphatic rings. The molecule has 0 unspecified atom stereocenters. The number of aliphatic carboxylic acids is 1. The van der Waals surface area contributed by atoms with Crippen LogP contribution in [0.25, 0.3) is 61.3 Å². The molecule has 110 heavy (non-hydrogen) atoms. The molecule has 0 radical (unpaired) electrons. The smallest absolute Gasteiger partial charge is 0.346 e. The lowest BCUT2D eigenvalue weighted by Gasteiger charge is -2.35. The molecule has 5 heteroatoms. The Morgan fingerprint density at radius 1 is 0.336 bits per heavy atom. The first-order valence-electron chi connectivity index (χ1n) is 46.0. The summed E-state index contributed by atoms with van der Waals surface area (Å²) in [6.07, 6.45) is 61.5. The lowest BCUT2D eigenvalue weighted by Crippen LogP contribution is -2.27. The largest absolute Gasteiger partial charge is 0.477 e. The van der Waals surface area contributed by atoms with E-state index in [2.05, 4.69) is 197 Å². The van der Waals surface area contributed by atoms with Crippen LogP contribution in [0.3, 0.4) is 0 Å². The van der Waals surface area contributed by atoms with Crippen molar-refractivity contribution < 1.29 is 9.90 Å². The van der Waals surface area contributed by atoms with Crippen molar-refractivity contribution in [2.75, 3.05) is 4.90 Å². The van der Waals surface area contributed by atoms with Crippen molar-refractivity contribution in [3.05, 3.63) is 178 Å². The molecule has 1 aromatic heterocycles. The van der Waals surface area contributed by atoms with Gasteiger partial charge < -0.3 is 14.6 Å². The summed E-state index contributed by atoms with van der Waals surface area (Å²) in [5.41, 5.74) is 24.5. The molecule has 1 N–H and O–H groups in total. The Labute approximate surface area is 668 Å². The number of carboxylic acids is 1. The van der Waals surface area contributed by atoms with E-state index in [0.29, 0.717) is 0 Å². The monoisotopic (exact) mass is 1480 g/mol. The van der Waals surface area contributed by atoms with Crippen molar-refractivity contribution in [3.8, 4) is 39.4 Å². The van der Waals surface area contributed by atoms with Crippen molar-refractivity contribution >= 4 is 50.9 Å². The first kappa shape index (κ1) is 83.8. The van der Waals surface area contributed by atoms with Gasteiger partial charge in [-0.2, -0.15) is 5.26 Å². The number of anilines is 3. The lowest BCUT2D eigenvalue weighted by molar-refractivity contribution is -0.132. The number of nitrogens with zero attached hydrogens (tertiary/aromatic N) is 3. The van der Waals surface area contributed by atoms with Gasteiger partial charge in [-0.15, -0.1) is 0 Å². The Morgan fingerprint density at radius 3 is 1.02 bits per heavy atom. The van der Waals surface area contributed by atoms with Crippen molar-refractivity contribution in [3.63, 3.8) is 0 Å². The van der Waals surface area contributed by atoms with E-state index in [-0.39, 0.29) is 21.8 Å². The lowest BCUT2D eigenvalue weighted by atomic mass is 9.68. The van der Waals surface area contributed by atoms with Crippen molar-refractivity contribution in [2.24, 2.45) is 0 Å². The number of unbranched alkanes of at least 4 members (excludes halogenated alkanes) is 35. The maximum atomic E-state index is 12.7. The van der Waals surface area contributed by atoms with Crippen molar-refractivity contribution in [2.45, 2.75) is 379 Å². The van der Waals surface area contributed by atoms with E-state index in [1.54, 1.807) is 28.3 Å². The molecule has 1 heterocycles. The number of para-hydroxylation sites is 2. The second-order valence-corrected chi connectivity index (χ2v) is 34.6. The Balaban J connectivity index is 1.19. The normalized spacial score (nSPS) is 14.1. The van der Waals surface area contributed by atoms with E-state index >= 15 is 0 Å². The summed E-state index contributed by atoms with van der Waals surface area (Å²) >= 11 is 0. The predicted molar refractivity (Wildman–Crippen MR) is 475 cm³/mol. The van der Waals surface area contributed by atoms with E-state index in [1.807, 2.05) is 0 Å². The van der Waals surface area contributed by atoms with Gasteiger partial charge in [0.25, 0.3) is 0 Å². The second kappa shape index (κ2) is 42.6. The molecule has 0 amide bonds. The van der Waals surface area contributed by atoms with E-state index in [1.165, 1.54) is 347 Å². The summed E-state index contributed by atoms with van der Waals surface area (Å²) in [5, 5.41) is 23.5. The van der Waals surface area contributed by atoms with Gasteiger partial charge in [-0.25, -0.2) is 4.79 Å². The zero-order valence-electron chi connectivity index (χ0n) is 70.1. The van der Waals surface area contributed by atoms with E-state index in [4.69, 9.17) is 0 Å². The summed E-state index contributed by atoms with van der Waals surface area (Å²) in [4.78, 5) is 15.2. The summed E-state index contributed by atoms with van der Waals surface area (Å²) in [7, 11) is 0. The average molecular weight is 1480 g/mol. The van der Waals surface area contributed by atoms with Crippen molar-refractivity contribution in [1.29, 1.82) is 5.26 Å². The number of carbonyl (C=O) groups is 1. The van der Waals surface area contributed by atoms with E-state index in [9.17, 15) is 15.2 Å². The number of nitriles is 1. The molecule has 11 rings (SSSR count). The van der Waals surface area contributed by atoms with Gasteiger partial charge in [0, 0.05) is 56.1 Å². The fraction of sp³-hybridized carbons (Fsp3) is 0.562. The summed E-state index contributed by atoms with van der Waals surface area (Å²) < 4.78 is 2.80. The predicted octanol–water partition coefficient (Wildman–Crippen LogP) is 32.9. The molecule has 7 aromatic carbocycles. The maximum absolute atomic E-state index is 12.7. The molecular weight excluding hydrogens is 1340 g/mol. The molecule has 590 valence electrons. The molecule has 0 saturated carbocycles. The second-order valence-electron chi connectivity index (χ2n) is 34.6. The molecule has 0 saturated heterocycles. The highest BCUT2D eigenvalue weighted by atomic mass is 16.4. The first-order chi connectivity index (χ1) is 54.1. The molecule has 0 fully saturated rings. The van der Waals surface area contributed by atoms with Crippen LogP contribution >= 0.6 is 0 Å². The van der Waals surface area contributed by atoms with Crippen LogP contribution in [0.15, 0.2) is 139 Å². The van der Waals surface area contributed by atoms with Gasteiger partial charge in [0.05, 0.1) is 5.52 Å². The quantitative estimate of drug-likeness (QED) is 0.0234. The minimum absolute atomic E-state index is 0.160. The third-order valence-corrected chi connectivity index (χ3v) is 26.7. The number of hydrogen-bond acceptors (Lipinski definition) is 3. The van der Waals surface area contributed by atoms with Crippen LogP contribution in [0, 0.1) is 11.3 Å². The highest BCUT2D eigenvalue weighted by molar-refractivity contribution is 6.12. The molecule has 0 bridgehead atoms. The summed E-state index contributed by atoms with van der Waals surface area (Å²) in [5.74, 6) is -1.16. The molecule has 0 atom stereocenters. The molecule has 3 aliphatic carbocycles. The number of rotatable bonds is 54. The number of hydrogen-bond donors (Lipinski definition) is 1. The zero-order chi connectivity index (χ0) is 77.0. The first-order valence-corrected chi connectivity index (χ1v) is 46.0. The fourth-order valence-corrected chi connectivity index (χ4v) is 20.7. The van der Waals surface area contributed by atoms with Crippen molar-refractivity contribution in [1.82, 2.24) is 4.57 Å². The Hall–Kier alpha value is -7.16. The Morgan fingerprint density at radius 2 is 0.655 bits per heavy atom. The minimum Gasteiger partial charge on any atom is -0.477 e. The van der Waals surface area contributed by atoms with Crippen LogP contribution in [-0.4, -0.2) is 15.6 Å². The third kappa shape index (κ3) is 19.5. The maximum Gasteiger partial charge on any atom is 0.346 e. The number of aryl methyl sites for hydroxylation is 1. The molecular formula is C105H143N3O2. The average Bonchev–Trinajstić information content (AvgIpc) is 1.51. The van der Waals surface area contributed by atoms with Gasteiger partial charge in [-0.3, -0.25) is 0 Å². The topological polar surface area (TPSA) is 69.3 Å². The molecule has 8 aromatic rings. The van der Waals surface area contributed by atoms with Gasteiger partial charge in [0.2, 0.25) is 0 Å². The standard InChI is InChI=1S/C105H143N3O2/c1-8-15-22-29-36-49-64-103(65-50-37-30-23-16-9-2)94-72-81(71-82(80-106)102(109)110)60-62-86(94)88-74-96-89(75-95(88)103)90-76-98-91(77-97(90)104(96,66-51-38-31-24-17-10-3)67-52-39-32-25-18-11-4)92-79-101-93(78-99(92)105(98,68-53-40-33-26-19-12-5)69-54-41-34-27-20-13-6)87-63-61-85(73-100(87)107(101)70-55-42-35-28-21-14-7)108(83-56-45-43-46-57-83)84-58-47-44-48-59-84/h43-48,56-63,71-79H,8-42,49-55,64-70H2,1-7H3,(H,109,110)/b82-71+. The SMILES string of the molecule is CCCCCCCCn1c2cc(N(c3ccccc3)c3ccccc3)ccc2c2cc3c(cc21)-c1cc2c(cc1C3(CCCCCCCC)CCCCCCCC)-c1cc3c(cc1C2(CCCCCCCC)CCCCCCCC)-c1ccc(/C=C(\C#N)C(=O)O)cc1C3(CCCCCCCC)CCCCCCCC. The van der Waals surface area contributed by atoms with Gasteiger partial charge in [0.1, 0.15) is 11.6 Å². The fourth-order valence-electron chi connectivity index (χ4n) is 20.7. The van der Waals surface area contributed by atoms with Gasteiger partial charge in [-0.05, 0) is 196 Å². The number of carboxylic acid groups (broad SMARTS) is 1. The van der Waals surface area contributed by atoms with Gasteiger partial charge in [0.15, 0.2) is 0 Å². The molecule has 5 nitrogen and oxygen atoms in total. The molecule has 0 aliphatic heterocycles. The highest BCUT2D eigenvalue weighted by Gasteiger charge is 2.51. The third-order valence-electron chi connectivity index (χ3n) is 26.7. The van der Waals surface area contributed by atoms with Crippen LogP contribution in [-0.2, 0) is 27.6 Å². The Bertz CT molecular complexity index is 4160. The summed E-state index contributed by atoms with van der Waals surface area (Å²) in [6.45, 7) is 17.5. The van der Waals surface area contributed by atoms with Gasteiger partial charge >= 0.3 is 5.97 Å². The van der Waals surface area contributed by atoms with Crippen LogP contribution in [0.5, 0.6) is 0 Å². The number of benzene rings is 7. The zero-order valence-corrected chi connectivity index (χ0v) is 70.1. The van der Waals surface area contributed by atoms with Crippen LogP contribution in [0.1, 0.15) is 396 Å². The van der Waals surface area contributed by atoms with E-state index < -0.39 is 5.97 Å². The van der Waals surface area contributed by atoms with Crippen LogP contribution in [0.2, 0.25) is 0 Å². The number of fused-ring (bicyclic) bond motifs is 12. The van der Waals surface area contributed by atoms with E-state index in [0.717, 1.165) is 57.1 Å².